The first-order valence-corrected chi connectivity index (χ1v) is 11.2. The van der Waals surface area contributed by atoms with Crippen molar-refractivity contribution >= 4 is 5.91 Å². The second-order valence-corrected chi connectivity index (χ2v) is 8.90. The highest BCUT2D eigenvalue weighted by molar-refractivity contribution is 5.78. The number of ether oxygens (including phenoxy) is 1. The van der Waals surface area contributed by atoms with E-state index in [0.29, 0.717) is 18.6 Å². The van der Waals surface area contributed by atoms with Crippen molar-refractivity contribution in [3.63, 3.8) is 0 Å². The van der Waals surface area contributed by atoms with Crippen LogP contribution in [0.5, 0.6) is 0 Å². The molecule has 1 amide bonds. The van der Waals surface area contributed by atoms with Gasteiger partial charge >= 0.3 is 0 Å². The van der Waals surface area contributed by atoms with E-state index in [0.717, 1.165) is 50.2 Å². The first-order valence-electron chi connectivity index (χ1n) is 11.2. The summed E-state index contributed by atoms with van der Waals surface area (Å²) in [5, 5.41) is 8.24. The number of piperidine rings is 1. The Morgan fingerprint density at radius 2 is 2.03 bits per heavy atom. The number of aromatic nitrogens is 2. The van der Waals surface area contributed by atoms with Gasteiger partial charge in [-0.25, -0.2) is 0 Å². The van der Waals surface area contributed by atoms with E-state index in [1.807, 2.05) is 22.8 Å². The predicted octanol–water partition coefficient (Wildman–Crippen LogP) is 2.04. The Bertz CT molecular complexity index is 668. The summed E-state index contributed by atoms with van der Waals surface area (Å²) in [7, 11) is 5.89. The van der Waals surface area contributed by atoms with E-state index in [2.05, 4.69) is 36.2 Å². The zero-order valence-electron chi connectivity index (χ0n) is 18.9. The molecule has 0 aromatic carbocycles. The number of methoxy groups -OCH3 is 1. The van der Waals surface area contributed by atoms with E-state index in [1.165, 1.54) is 12.8 Å². The Morgan fingerprint density at radius 1 is 1.31 bits per heavy atom. The predicted molar refractivity (Wildman–Crippen MR) is 115 cm³/mol. The molecule has 1 aromatic rings. The van der Waals surface area contributed by atoms with E-state index in [9.17, 15) is 4.79 Å². The molecule has 29 heavy (non-hydrogen) atoms. The van der Waals surface area contributed by atoms with Crippen LogP contribution in [-0.2, 0) is 22.6 Å². The molecule has 2 fully saturated rings. The summed E-state index contributed by atoms with van der Waals surface area (Å²) in [5.74, 6) is 0.274. The van der Waals surface area contributed by atoms with Gasteiger partial charge in [0.25, 0.3) is 0 Å². The normalized spacial score (nSPS) is 26.6. The lowest BCUT2D eigenvalue weighted by Crippen LogP contribution is -2.53. The molecule has 3 atom stereocenters. The standard InChI is InChI=1S/C22H39N5O2/c1-6-27-16(2)18(14-23-27)15-26(4)22(28)17-7-8-20(21(13-17)29-5)24-19-9-11-25(3)12-10-19/h14,17,19-21,24H,6-13,15H2,1-5H3/t17-,20-,21-/m0/s1. The van der Waals surface area contributed by atoms with E-state index >= 15 is 0 Å². The van der Waals surface area contributed by atoms with Crippen LogP contribution < -0.4 is 5.32 Å². The lowest BCUT2D eigenvalue weighted by Gasteiger charge is -2.40. The van der Waals surface area contributed by atoms with Crippen molar-refractivity contribution in [2.45, 2.75) is 77.2 Å². The number of nitrogens with one attached hydrogen (secondary N) is 1. The molecule has 1 saturated carbocycles. The lowest BCUT2D eigenvalue weighted by molar-refractivity contribution is -0.138. The van der Waals surface area contributed by atoms with Crippen LogP contribution in [0, 0.1) is 12.8 Å². The molecule has 2 aliphatic rings. The second kappa shape index (κ2) is 10.0. The van der Waals surface area contributed by atoms with Crippen LogP contribution in [0.2, 0.25) is 0 Å². The van der Waals surface area contributed by atoms with Crippen molar-refractivity contribution in [1.29, 1.82) is 0 Å². The minimum atomic E-state index is 0.0435. The first kappa shape index (κ1) is 22.2. The van der Waals surface area contributed by atoms with E-state index in [4.69, 9.17) is 4.74 Å². The molecular formula is C22H39N5O2. The summed E-state index contributed by atoms with van der Waals surface area (Å²) >= 11 is 0. The van der Waals surface area contributed by atoms with Crippen molar-refractivity contribution < 1.29 is 9.53 Å². The van der Waals surface area contributed by atoms with E-state index < -0.39 is 0 Å². The van der Waals surface area contributed by atoms with Crippen LogP contribution in [0.25, 0.3) is 0 Å². The summed E-state index contributed by atoms with van der Waals surface area (Å²) in [6.07, 6.45) is 7.12. The number of carbonyl (C=O) groups is 1. The third kappa shape index (κ3) is 5.38. The van der Waals surface area contributed by atoms with Gasteiger partial charge in [-0.1, -0.05) is 0 Å². The van der Waals surface area contributed by atoms with Gasteiger partial charge in [-0.15, -0.1) is 0 Å². The Hall–Kier alpha value is -1.44. The Kier molecular flexibility index (Phi) is 7.71. The average molecular weight is 406 g/mol. The largest absolute Gasteiger partial charge is 0.380 e. The monoisotopic (exact) mass is 405 g/mol. The fraction of sp³-hybridized carbons (Fsp3) is 0.818. The lowest BCUT2D eigenvalue weighted by atomic mass is 9.82. The van der Waals surface area contributed by atoms with Gasteiger partial charge in [0, 0.05) is 56.5 Å². The molecule has 1 aliphatic heterocycles. The molecule has 0 bridgehead atoms. The van der Waals surface area contributed by atoms with Crippen molar-refractivity contribution in [2.75, 3.05) is 34.3 Å². The van der Waals surface area contributed by atoms with Gasteiger partial charge in [0.1, 0.15) is 0 Å². The molecule has 1 saturated heterocycles. The smallest absolute Gasteiger partial charge is 0.225 e. The van der Waals surface area contributed by atoms with Crippen molar-refractivity contribution in [1.82, 2.24) is 24.9 Å². The fourth-order valence-corrected chi connectivity index (χ4v) is 4.89. The van der Waals surface area contributed by atoms with Crippen molar-refractivity contribution in [3.8, 4) is 0 Å². The number of aryl methyl sites for hydroxylation is 1. The Morgan fingerprint density at radius 3 is 2.66 bits per heavy atom. The summed E-state index contributed by atoms with van der Waals surface area (Å²) in [6, 6.07) is 0.926. The first-order chi connectivity index (χ1) is 13.9. The topological polar surface area (TPSA) is 62.6 Å². The summed E-state index contributed by atoms with van der Waals surface area (Å²) in [4.78, 5) is 17.4. The van der Waals surface area contributed by atoms with Crippen LogP contribution in [0.3, 0.4) is 0 Å². The fourth-order valence-electron chi connectivity index (χ4n) is 4.89. The number of likely N-dealkylation sites (tertiary alicyclic amines) is 1. The number of hydrogen-bond donors (Lipinski definition) is 1. The van der Waals surface area contributed by atoms with E-state index in [1.54, 1.807) is 7.11 Å². The third-order valence-corrected chi connectivity index (χ3v) is 6.90. The van der Waals surface area contributed by atoms with Gasteiger partial charge in [0.15, 0.2) is 0 Å². The highest BCUT2D eigenvalue weighted by atomic mass is 16.5. The van der Waals surface area contributed by atoms with Crippen LogP contribution in [0.1, 0.15) is 50.3 Å². The summed E-state index contributed by atoms with van der Waals surface area (Å²) in [5.41, 5.74) is 2.27. The Labute approximate surface area is 175 Å². The molecular weight excluding hydrogens is 366 g/mol. The van der Waals surface area contributed by atoms with Crippen LogP contribution >= 0.6 is 0 Å². The number of amides is 1. The molecule has 1 aromatic heterocycles. The van der Waals surface area contributed by atoms with Gasteiger partial charge in [0.05, 0.1) is 12.3 Å². The summed E-state index contributed by atoms with van der Waals surface area (Å²) < 4.78 is 7.81. The molecule has 3 rings (SSSR count). The Balaban J connectivity index is 1.53. The highest BCUT2D eigenvalue weighted by Gasteiger charge is 2.36. The third-order valence-electron chi connectivity index (χ3n) is 6.90. The molecule has 0 radical (unpaired) electrons. The molecule has 7 nitrogen and oxygen atoms in total. The maximum absolute atomic E-state index is 13.1. The van der Waals surface area contributed by atoms with Gasteiger partial charge in [-0.05, 0) is 66.1 Å². The molecule has 164 valence electrons. The number of rotatable bonds is 7. The minimum absolute atomic E-state index is 0.0435. The zero-order chi connectivity index (χ0) is 21.0. The van der Waals surface area contributed by atoms with Gasteiger partial charge in [-0.2, -0.15) is 5.10 Å². The van der Waals surface area contributed by atoms with Gasteiger partial charge < -0.3 is 19.9 Å². The SMILES string of the molecule is CCn1ncc(CN(C)C(=O)[C@H]2CC[C@H](NC3CCN(C)CC3)[C@@H](OC)C2)c1C. The molecule has 2 heterocycles. The van der Waals surface area contributed by atoms with Gasteiger partial charge in [0.2, 0.25) is 5.91 Å². The molecule has 7 heteroatoms. The number of nitrogens with zero attached hydrogens (tertiary/aromatic N) is 4. The minimum Gasteiger partial charge on any atom is -0.380 e. The highest BCUT2D eigenvalue weighted by Crippen LogP contribution is 2.29. The van der Waals surface area contributed by atoms with Crippen LogP contribution in [0.4, 0.5) is 0 Å². The van der Waals surface area contributed by atoms with Crippen LogP contribution in [0.15, 0.2) is 6.20 Å². The molecule has 0 unspecified atom stereocenters. The van der Waals surface area contributed by atoms with Crippen molar-refractivity contribution in [3.05, 3.63) is 17.5 Å². The zero-order valence-corrected chi connectivity index (χ0v) is 18.9. The molecule has 0 spiro atoms. The maximum Gasteiger partial charge on any atom is 0.225 e. The second-order valence-electron chi connectivity index (χ2n) is 8.90. The molecule has 1 aliphatic carbocycles. The average Bonchev–Trinajstić information content (AvgIpc) is 3.08. The molecule has 1 N–H and O–H groups in total. The quantitative estimate of drug-likeness (QED) is 0.752. The summed E-state index contributed by atoms with van der Waals surface area (Å²) in [6.45, 7) is 7.94. The van der Waals surface area contributed by atoms with Gasteiger partial charge in [-0.3, -0.25) is 9.48 Å². The maximum atomic E-state index is 13.1. The van der Waals surface area contributed by atoms with Crippen molar-refractivity contribution in [2.24, 2.45) is 5.92 Å². The number of hydrogen-bond acceptors (Lipinski definition) is 5. The number of carbonyl (C=O) groups excluding carboxylic acids is 1. The van der Waals surface area contributed by atoms with Crippen LogP contribution in [-0.4, -0.2) is 78.0 Å². The van der Waals surface area contributed by atoms with E-state index in [-0.39, 0.29) is 17.9 Å².